The lowest BCUT2D eigenvalue weighted by Crippen LogP contribution is -2.41. The first-order chi connectivity index (χ1) is 9.91. The number of pyridine rings is 1. The summed E-state index contributed by atoms with van der Waals surface area (Å²) in [5, 5.41) is 2.65. The highest BCUT2D eigenvalue weighted by atomic mass is 19.4. The van der Waals surface area contributed by atoms with Crippen molar-refractivity contribution >= 4 is 5.91 Å². The van der Waals surface area contributed by atoms with E-state index in [9.17, 15) is 18.0 Å². The molecule has 0 spiro atoms. The van der Waals surface area contributed by atoms with Gasteiger partial charge in [0.05, 0.1) is 11.7 Å². The van der Waals surface area contributed by atoms with Gasteiger partial charge in [-0.3, -0.25) is 9.78 Å². The molecule has 1 N–H and O–H groups in total. The SMILES string of the molecule is CO[C@@H]1CCC[C@@H](NC(=O)c2cccnc2C(F)(F)F)C1. The minimum atomic E-state index is -4.64. The minimum Gasteiger partial charge on any atom is -0.381 e. The van der Waals surface area contributed by atoms with Gasteiger partial charge in [0, 0.05) is 19.3 Å². The van der Waals surface area contributed by atoms with E-state index in [-0.39, 0.29) is 12.1 Å². The average Bonchev–Trinajstić information content (AvgIpc) is 2.46. The number of halogens is 3. The summed E-state index contributed by atoms with van der Waals surface area (Å²) in [6.07, 6.45) is -0.431. The van der Waals surface area contributed by atoms with Crippen molar-refractivity contribution in [2.75, 3.05) is 7.11 Å². The van der Waals surface area contributed by atoms with Gasteiger partial charge in [-0.2, -0.15) is 13.2 Å². The van der Waals surface area contributed by atoms with Gasteiger partial charge in [0.2, 0.25) is 0 Å². The molecule has 0 bridgehead atoms. The molecule has 1 heterocycles. The third kappa shape index (κ3) is 3.93. The number of methoxy groups -OCH3 is 1. The normalized spacial score (nSPS) is 22.9. The van der Waals surface area contributed by atoms with Crippen LogP contribution in [-0.4, -0.2) is 30.1 Å². The number of amides is 1. The molecule has 1 aliphatic carbocycles. The van der Waals surface area contributed by atoms with Crippen LogP contribution in [-0.2, 0) is 10.9 Å². The average molecular weight is 302 g/mol. The smallest absolute Gasteiger partial charge is 0.381 e. The van der Waals surface area contributed by atoms with E-state index in [0.717, 1.165) is 31.5 Å². The van der Waals surface area contributed by atoms with Gasteiger partial charge in [0.15, 0.2) is 5.69 Å². The Morgan fingerprint density at radius 2 is 2.19 bits per heavy atom. The number of ether oxygens (including phenoxy) is 1. The van der Waals surface area contributed by atoms with Gasteiger partial charge in [-0.05, 0) is 37.8 Å². The summed E-state index contributed by atoms with van der Waals surface area (Å²) < 4.78 is 43.8. The molecule has 1 aromatic heterocycles. The molecule has 0 saturated heterocycles. The van der Waals surface area contributed by atoms with Crippen molar-refractivity contribution in [1.82, 2.24) is 10.3 Å². The predicted molar refractivity (Wildman–Crippen MR) is 69.8 cm³/mol. The second-order valence-electron chi connectivity index (χ2n) is 5.09. The maximum absolute atomic E-state index is 12.8. The number of carbonyl (C=O) groups excluding carboxylic acids is 1. The molecule has 4 nitrogen and oxygen atoms in total. The molecule has 0 radical (unpaired) electrons. The topological polar surface area (TPSA) is 51.2 Å². The molecule has 7 heteroatoms. The molecule has 2 atom stereocenters. The van der Waals surface area contributed by atoms with E-state index in [1.54, 1.807) is 7.11 Å². The number of nitrogens with zero attached hydrogens (tertiary/aromatic N) is 1. The van der Waals surface area contributed by atoms with Gasteiger partial charge in [-0.25, -0.2) is 0 Å². The standard InChI is InChI=1S/C14H17F3N2O2/c1-21-10-5-2-4-9(8-10)19-13(20)11-6-3-7-18-12(11)14(15,16)17/h3,6-7,9-10H,2,4-5,8H2,1H3,(H,19,20)/t9-,10-/m1/s1. The van der Waals surface area contributed by atoms with Gasteiger partial charge in [-0.15, -0.1) is 0 Å². The van der Waals surface area contributed by atoms with E-state index in [1.807, 2.05) is 0 Å². The highest BCUT2D eigenvalue weighted by Crippen LogP contribution is 2.30. The highest BCUT2D eigenvalue weighted by molar-refractivity contribution is 5.95. The number of aromatic nitrogens is 1. The van der Waals surface area contributed by atoms with Crippen LogP contribution in [0.4, 0.5) is 13.2 Å². The van der Waals surface area contributed by atoms with Gasteiger partial charge in [0.25, 0.3) is 5.91 Å². The Bertz CT molecular complexity index is 505. The van der Waals surface area contributed by atoms with E-state index >= 15 is 0 Å². The zero-order valence-electron chi connectivity index (χ0n) is 11.6. The molecular formula is C14H17F3N2O2. The summed E-state index contributed by atoms with van der Waals surface area (Å²) in [5.41, 5.74) is -1.59. The third-order valence-corrected chi connectivity index (χ3v) is 3.62. The zero-order valence-corrected chi connectivity index (χ0v) is 11.6. The van der Waals surface area contributed by atoms with Crippen LogP contribution in [0.2, 0.25) is 0 Å². The molecule has 116 valence electrons. The Balaban J connectivity index is 2.10. The van der Waals surface area contributed by atoms with E-state index in [2.05, 4.69) is 10.3 Å². The van der Waals surface area contributed by atoms with Crippen molar-refractivity contribution in [2.24, 2.45) is 0 Å². The molecule has 1 fully saturated rings. The summed E-state index contributed by atoms with van der Waals surface area (Å²) in [4.78, 5) is 15.4. The second-order valence-corrected chi connectivity index (χ2v) is 5.09. The summed E-state index contributed by atoms with van der Waals surface area (Å²) in [6, 6.07) is 2.29. The summed E-state index contributed by atoms with van der Waals surface area (Å²) in [7, 11) is 1.59. The molecule has 1 saturated carbocycles. The molecular weight excluding hydrogens is 285 g/mol. The molecule has 21 heavy (non-hydrogen) atoms. The Labute approximate surface area is 120 Å². The first kappa shape index (κ1) is 15.8. The zero-order chi connectivity index (χ0) is 15.5. The summed E-state index contributed by atoms with van der Waals surface area (Å²) >= 11 is 0. The first-order valence-corrected chi connectivity index (χ1v) is 6.77. The number of nitrogens with one attached hydrogen (secondary N) is 1. The molecule has 1 aromatic rings. The van der Waals surface area contributed by atoms with Crippen molar-refractivity contribution in [3.05, 3.63) is 29.6 Å². The maximum Gasteiger partial charge on any atom is 0.434 e. The van der Waals surface area contributed by atoms with Crippen molar-refractivity contribution in [3.8, 4) is 0 Å². The van der Waals surface area contributed by atoms with E-state index in [4.69, 9.17) is 4.74 Å². The van der Waals surface area contributed by atoms with E-state index < -0.39 is 23.3 Å². The molecule has 2 rings (SSSR count). The van der Waals surface area contributed by atoms with Crippen LogP contribution in [0.3, 0.4) is 0 Å². The van der Waals surface area contributed by atoms with Crippen molar-refractivity contribution in [3.63, 3.8) is 0 Å². The van der Waals surface area contributed by atoms with Gasteiger partial charge >= 0.3 is 6.18 Å². The fourth-order valence-electron chi connectivity index (χ4n) is 2.57. The third-order valence-electron chi connectivity index (χ3n) is 3.62. The Hall–Kier alpha value is -1.63. The van der Waals surface area contributed by atoms with Crippen LogP contribution < -0.4 is 5.32 Å². The minimum absolute atomic E-state index is 0.0417. The van der Waals surface area contributed by atoms with E-state index in [1.165, 1.54) is 6.07 Å². The number of hydrogen-bond acceptors (Lipinski definition) is 3. The fourth-order valence-corrected chi connectivity index (χ4v) is 2.57. The first-order valence-electron chi connectivity index (χ1n) is 6.77. The van der Waals surface area contributed by atoms with Crippen LogP contribution in [0.1, 0.15) is 41.7 Å². The van der Waals surface area contributed by atoms with Crippen molar-refractivity contribution < 1.29 is 22.7 Å². The van der Waals surface area contributed by atoms with E-state index in [0.29, 0.717) is 6.42 Å². The van der Waals surface area contributed by atoms with Crippen LogP contribution in [0.5, 0.6) is 0 Å². The molecule has 0 aliphatic heterocycles. The number of alkyl halides is 3. The van der Waals surface area contributed by atoms with Gasteiger partial charge in [-0.1, -0.05) is 0 Å². The maximum atomic E-state index is 12.8. The van der Waals surface area contributed by atoms with Crippen LogP contribution in [0.15, 0.2) is 18.3 Å². The highest BCUT2D eigenvalue weighted by Gasteiger charge is 2.37. The Morgan fingerprint density at radius 1 is 1.43 bits per heavy atom. The van der Waals surface area contributed by atoms with Crippen molar-refractivity contribution in [2.45, 2.75) is 44.0 Å². The van der Waals surface area contributed by atoms with Gasteiger partial charge in [0.1, 0.15) is 0 Å². The predicted octanol–water partition coefficient (Wildman–Crippen LogP) is 2.79. The largest absolute Gasteiger partial charge is 0.434 e. The Kier molecular flexibility index (Phi) is 4.82. The number of rotatable bonds is 3. The lowest BCUT2D eigenvalue weighted by Gasteiger charge is -2.29. The number of carbonyl (C=O) groups is 1. The molecule has 0 aromatic carbocycles. The van der Waals surface area contributed by atoms with Crippen molar-refractivity contribution in [1.29, 1.82) is 0 Å². The lowest BCUT2D eigenvalue weighted by molar-refractivity contribution is -0.141. The monoisotopic (exact) mass is 302 g/mol. The molecule has 1 amide bonds. The second kappa shape index (κ2) is 6.43. The number of hydrogen-bond donors (Lipinski definition) is 1. The molecule has 1 aliphatic rings. The quantitative estimate of drug-likeness (QED) is 0.934. The van der Waals surface area contributed by atoms with Crippen LogP contribution >= 0.6 is 0 Å². The summed E-state index contributed by atoms with van der Waals surface area (Å²) in [5.74, 6) is -0.739. The van der Waals surface area contributed by atoms with Crippen LogP contribution in [0, 0.1) is 0 Å². The summed E-state index contributed by atoms with van der Waals surface area (Å²) in [6.45, 7) is 0. The van der Waals surface area contributed by atoms with Gasteiger partial charge < -0.3 is 10.1 Å². The molecule has 0 unspecified atom stereocenters. The lowest BCUT2D eigenvalue weighted by atomic mass is 9.92. The fraction of sp³-hybridized carbons (Fsp3) is 0.571. The Morgan fingerprint density at radius 3 is 2.86 bits per heavy atom. The van der Waals surface area contributed by atoms with Crippen LogP contribution in [0.25, 0.3) is 0 Å².